The van der Waals surface area contributed by atoms with Crippen molar-refractivity contribution in [1.82, 2.24) is 9.80 Å². The molecule has 7 heteroatoms. The van der Waals surface area contributed by atoms with Gasteiger partial charge in [-0.25, -0.2) is 4.39 Å². The molecule has 5 rings (SSSR count). The van der Waals surface area contributed by atoms with Gasteiger partial charge in [-0.3, -0.25) is 4.90 Å². The monoisotopic (exact) mass is 548 g/mol. The summed E-state index contributed by atoms with van der Waals surface area (Å²) in [4.78, 5) is 5.15. The summed E-state index contributed by atoms with van der Waals surface area (Å²) in [7, 11) is 0. The first-order chi connectivity index (χ1) is 17.5. The molecule has 2 aliphatic rings. The second kappa shape index (κ2) is 14.3. The lowest BCUT2D eigenvalue weighted by molar-refractivity contribution is 0.145. The number of ether oxygens (including phenoxy) is 1. The van der Waals surface area contributed by atoms with Crippen molar-refractivity contribution in [3.8, 4) is 5.75 Å². The first kappa shape index (κ1) is 27.4. The Kier molecular flexibility index (Phi) is 10.9. The van der Waals surface area contributed by atoms with E-state index in [0.29, 0.717) is 11.6 Å². The Labute approximate surface area is 228 Å². The molecule has 2 fully saturated rings. The van der Waals surface area contributed by atoms with Crippen molar-refractivity contribution in [3.05, 3.63) is 86.8 Å². The van der Waals surface area contributed by atoms with E-state index in [2.05, 4.69) is 9.80 Å². The van der Waals surface area contributed by atoms with E-state index >= 15 is 0 Å². The van der Waals surface area contributed by atoms with E-state index in [9.17, 15) is 4.39 Å². The molecule has 0 N–H and O–H groups in total. The van der Waals surface area contributed by atoms with Gasteiger partial charge in [0.2, 0.25) is 0 Å². The molecule has 2 aromatic carbocycles. The van der Waals surface area contributed by atoms with Crippen LogP contribution >= 0.6 is 34.5 Å². The van der Waals surface area contributed by atoms with Crippen molar-refractivity contribution >= 4 is 34.5 Å². The highest BCUT2D eigenvalue weighted by Crippen LogP contribution is 2.27. The van der Waals surface area contributed by atoms with E-state index in [1.807, 2.05) is 41.1 Å². The molecule has 0 bridgehead atoms. The third-order valence-electron chi connectivity index (χ3n) is 7.04. The lowest BCUT2D eigenvalue weighted by Crippen LogP contribution is -2.38. The Balaban J connectivity index is 0.000000543. The molecule has 194 valence electrons. The Bertz CT molecular complexity index is 1010. The van der Waals surface area contributed by atoms with Gasteiger partial charge in [0.05, 0.1) is 6.61 Å². The fourth-order valence-electron chi connectivity index (χ4n) is 5.02. The molecule has 0 amide bonds. The number of halogens is 3. The van der Waals surface area contributed by atoms with Gasteiger partial charge in [-0.2, -0.15) is 11.3 Å². The Morgan fingerprint density at radius 3 is 2.25 bits per heavy atom. The highest BCUT2D eigenvalue weighted by atomic mass is 35.5. The molecule has 2 saturated heterocycles. The highest BCUT2D eigenvalue weighted by molar-refractivity contribution is 7.07. The van der Waals surface area contributed by atoms with Crippen LogP contribution in [0.5, 0.6) is 5.75 Å². The fourth-order valence-corrected chi connectivity index (χ4v) is 5.94. The second-order valence-corrected chi connectivity index (χ2v) is 11.4. The van der Waals surface area contributed by atoms with Crippen molar-refractivity contribution in [2.75, 3.05) is 39.3 Å². The van der Waals surface area contributed by atoms with Crippen LogP contribution < -0.4 is 4.74 Å². The number of rotatable bonds is 8. The summed E-state index contributed by atoms with van der Waals surface area (Å²) in [5, 5.41) is 5.54. The number of hydrogen-bond acceptors (Lipinski definition) is 4. The summed E-state index contributed by atoms with van der Waals surface area (Å²) in [6, 6.07) is 16.1. The Morgan fingerprint density at radius 1 is 0.889 bits per heavy atom. The number of thiophene rings is 1. The number of nitrogens with zero attached hydrogens (tertiary/aromatic N) is 2. The molecule has 2 aliphatic heterocycles. The van der Waals surface area contributed by atoms with E-state index in [-0.39, 0.29) is 5.82 Å². The van der Waals surface area contributed by atoms with Crippen molar-refractivity contribution in [2.24, 2.45) is 11.8 Å². The van der Waals surface area contributed by atoms with Gasteiger partial charge in [-0.05, 0) is 110 Å². The largest absolute Gasteiger partial charge is 0.494 e. The van der Waals surface area contributed by atoms with Crippen molar-refractivity contribution < 1.29 is 9.13 Å². The maximum absolute atomic E-state index is 13.0. The van der Waals surface area contributed by atoms with Gasteiger partial charge in [-0.15, -0.1) is 0 Å². The van der Waals surface area contributed by atoms with Crippen molar-refractivity contribution in [2.45, 2.75) is 32.2 Å². The summed E-state index contributed by atoms with van der Waals surface area (Å²) in [6.45, 7) is 7.46. The molecule has 1 unspecified atom stereocenters. The van der Waals surface area contributed by atoms with Gasteiger partial charge in [0.1, 0.15) is 11.6 Å². The molecular weight excluding hydrogens is 514 g/mol. The maximum Gasteiger partial charge on any atom is 0.123 e. The summed E-state index contributed by atoms with van der Waals surface area (Å²) >= 11 is 14.1. The quantitative estimate of drug-likeness (QED) is 0.284. The maximum atomic E-state index is 13.0. The van der Waals surface area contributed by atoms with Crippen LogP contribution in [0, 0.1) is 17.7 Å². The van der Waals surface area contributed by atoms with Crippen molar-refractivity contribution in [3.63, 3.8) is 0 Å². The molecule has 3 aromatic rings. The third-order valence-corrected chi connectivity index (χ3v) is 8.25. The number of likely N-dealkylation sites (tertiary alicyclic amines) is 2. The highest BCUT2D eigenvalue weighted by Gasteiger charge is 2.27. The smallest absolute Gasteiger partial charge is 0.123 e. The Hall–Kier alpha value is -1.63. The number of benzene rings is 2. The molecule has 0 spiro atoms. The van der Waals surface area contributed by atoms with Gasteiger partial charge >= 0.3 is 0 Å². The first-order valence-electron chi connectivity index (χ1n) is 12.8. The zero-order valence-corrected chi connectivity index (χ0v) is 23.0. The zero-order chi connectivity index (χ0) is 25.2. The molecule has 0 aliphatic carbocycles. The molecule has 0 radical (unpaired) electrons. The number of hydrogen-bond donors (Lipinski definition) is 0. The van der Waals surface area contributed by atoms with Crippen LogP contribution in [-0.2, 0) is 6.54 Å². The third kappa shape index (κ3) is 9.04. The van der Waals surface area contributed by atoms with E-state index in [4.69, 9.17) is 27.9 Å². The second-order valence-electron chi connectivity index (χ2n) is 9.75. The normalized spacial score (nSPS) is 19.1. The van der Waals surface area contributed by atoms with Crippen LogP contribution in [0.15, 0.2) is 65.4 Å². The van der Waals surface area contributed by atoms with E-state index in [1.165, 1.54) is 51.0 Å². The zero-order valence-electron chi connectivity index (χ0n) is 20.6. The molecular formula is C29H35Cl2FN2OS. The van der Waals surface area contributed by atoms with Crippen LogP contribution in [0.25, 0.3) is 0 Å². The van der Waals surface area contributed by atoms with Crippen LogP contribution in [0.2, 0.25) is 10.0 Å². The summed E-state index contributed by atoms with van der Waals surface area (Å²) in [5.74, 6) is 2.00. The summed E-state index contributed by atoms with van der Waals surface area (Å²) in [5.41, 5.74) is 1.16. The molecule has 1 atom stereocenters. The SMILES string of the molecule is Fc1ccc(OCCC2CCN(CC3CCN(Cc4ccc(Cl)cc4Cl)C3)CC2)cc1.c1ccsc1. The standard InChI is InChI=1S/C25H31Cl2FN2O.C4H4S/c26-22-2-1-21(25(27)15-22)18-30-13-9-20(17-30)16-29-11-7-19(8-12-29)10-14-31-24-5-3-23(28)4-6-24;1-2-4-5-3-1/h1-6,15,19-20H,7-14,16-18H2;1-4H. The summed E-state index contributed by atoms with van der Waals surface area (Å²) in [6.07, 6.45) is 4.81. The van der Waals surface area contributed by atoms with Gasteiger partial charge in [0.25, 0.3) is 0 Å². The predicted molar refractivity (Wildman–Crippen MR) is 150 cm³/mol. The van der Waals surface area contributed by atoms with Gasteiger partial charge < -0.3 is 9.64 Å². The molecule has 36 heavy (non-hydrogen) atoms. The molecule has 3 nitrogen and oxygen atoms in total. The van der Waals surface area contributed by atoms with Crippen LogP contribution in [0.1, 0.15) is 31.2 Å². The minimum atomic E-state index is -0.223. The van der Waals surface area contributed by atoms with E-state index in [1.54, 1.807) is 23.5 Å². The number of piperidine rings is 1. The minimum absolute atomic E-state index is 0.223. The van der Waals surface area contributed by atoms with Gasteiger partial charge in [0, 0.05) is 29.7 Å². The topological polar surface area (TPSA) is 15.7 Å². The van der Waals surface area contributed by atoms with E-state index < -0.39 is 0 Å². The van der Waals surface area contributed by atoms with Crippen LogP contribution in [0.4, 0.5) is 4.39 Å². The summed E-state index contributed by atoms with van der Waals surface area (Å²) < 4.78 is 18.7. The molecule has 0 saturated carbocycles. The van der Waals surface area contributed by atoms with E-state index in [0.717, 1.165) is 54.2 Å². The van der Waals surface area contributed by atoms with Crippen molar-refractivity contribution in [1.29, 1.82) is 0 Å². The van der Waals surface area contributed by atoms with Gasteiger partial charge in [-0.1, -0.05) is 41.4 Å². The lowest BCUT2D eigenvalue weighted by atomic mass is 9.93. The van der Waals surface area contributed by atoms with Crippen LogP contribution in [-0.4, -0.2) is 49.1 Å². The molecule has 3 heterocycles. The minimum Gasteiger partial charge on any atom is -0.494 e. The predicted octanol–water partition coefficient (Wildman–Crippen LogP) is 7.88. The Morgan fingerprint density at radius 2 is 1.58 bits per heavy atom. The van der Waals surface area contributed by atoms with Gasteiger partial charge in [0.15, 0.2) is 0 Å². The fraction of sp³-hybridized carbons (Fsp3) is 0.448. The lowest BCUT2D eigenvalue weighted by Gasteiger charge is -2.33. The average molecular weight is 550 g/mol. The first-order valence-corrected chi connectivity index (χ1v) is 14.5. The van der Waals surface area contributed by atoms with Crippen LogP contribution in [0.3, 0.4) is 0 Å². The average Bonchev–Trinajstić information content (AvgIpc) is 3.59. The molecule has 1 aromatic heterocycles.